The summed E-state index contributed by atoms with van der Waals surface area (Å²) in [7, 11) is 0. The second-order valence-corrected chi connectivity index (χ2v) is 2.46. The quantitative estimate of drug-likeness (QED) is 0.365. The lowest BCUT2D eigenvalue weighted by Crippen LogP contribution is -2.21. The number of aldehydes is 2. The van der Waals surface area contributed by atoms with Crippen molar-refractivity contribution in [1.82, 2.24) is 5.32 Å². The van der Waals surface area contributed by atoms with Crippen LogP contribution in [0, 0.1) is 0 Å². The molecule has 6 heteroatoms. The molecule has 0 heterocycles. The lowest BCUT2D eigenvalue weighted by molar-refractivity contribution is -0.109. The van der Waals surface area contributed by atoms with Gasteiger partial charge in [-0.05, 0) is 6.42 Å². The van der Waals surface area contributed by atoms with Crippen LogP contribution in [0.25, 0.3) is 0 Å². The average Bonchev–Trinajstić information content (AvgIpc) is 2.34. The Morgan fingerprint density at radius 2 is 1.31 bits per heavy atom. The minimum absolute atomic E-state index is 0.139. The fraction of sp³-hybridized carbons (Fsp3) is 0.700. The van der Waals surface area contributed by atoms with Crippen LogP contribution in [0.3, 0.4) is 0 Å². The maximum Gasteiger partial charge on any atom is 0.120 e. The molecule has 6 nitrogen and oxygen atoms in total. The first-order valence-corrected chi connectivity index (χ1v) is 4.92. The molecule has 0 aromatic carbocycles. The first-order valence-electron chi connectivity index (χ1n) is 4.92. The van der Waals surface area contributed by atoms with Crippen molar-refractivity contribution in [1.29, 1.82) is 0 Å². The molecule has 16 heavy (non-hydrogen) atoms. The van der Waals surface area contributed by atoms with Gasteiger partial charge in [0.05, 0.1) is 13.2 Å². The van der Waals surface area contributed by atoms with Gasteiger partial charge in [-0.15, -0.1) is 0 Å². The van der Waals surface area contributed by atoms with Gasteiger partial charge in [-0.1, -0.05) is 0 Å². The predicted octanol–water partition coefficient (Wildman–Crippen LogP) is -1.07. The Balaban J connectivity index is -0.000000183. The van der Waals surface area contributed by atoms with E-state index in [0.717, 1.165) is 12.6 Å². The Labute approximate surface area is 95.7 Å². The van der Waals surface area contributed by atoms with Crippen LogP contribution in [0.15, 0.2) is 0 Å². The third kappa shape index (κ3) is 38.4. The number of carbonyl (C=O) groups is 3. The molecule has 0 aliphatic heterocycles. The zero-order chi connectivity index (χ0) is 13.1. The summed E-state index contributed by atoms with van der Waals surface area (Å²) in [6, 6.07) is 0. The number of rotatable bonds is 8. The fourth-order valence-electron chi connectivity index (χ4n) is 0.568. The molecule has 0 aromatic heterocycles. The summed E-state index contributed by atoms with van der Waals surface area (Å²) in [5.41, 5.74) is 0. The molecule has 0 radical (unpaired) electrons. The molecule has 3 N–H and O–H groups in total. The number of hydrogen-bond donors (Lipinski definition) is 3. The molecule has 0 saturated heterocycles. The van der Waals surface area contributed by atoms with Gasteiger partial charge in [0, 0.05) is 25.9 Å². The average molecular weight is 235 g/mol. The van der Waals surface area contributed by atoms with Crippen molar-refractivity contribution in [2.24, 2.45) is 0 Å². The van der Waals surface area contributed by atoms with Crippen LogP contribution in [0.5, 0.6) is 0 Å². The molecule has 0 aliphatic rings. The minimum atomic E-state index is 0.139. The van der Waals surface area contributed by atoms with Gasteiger partial charge in [-0.3, -0.25) is 0 Å². The SMILES string of the molecule is C=O.O=CCCCC=O.OCCNCCO. The van der Waals surface area contributed by atoms with Crippen LogP contribution in [0.2, 0.25) is 0 Å². The van der Waals surface area contributed by atoms with Crippen molar-refractivity contribution >= 4 is 19.4 Å². The van der Waals surface area contributed by atoms with E-state index in [0.29, 0.717) is 32.4 Å². The smallest absolute Gasteiger partial charge is 0.120 e. The molecule has 0 spiro atoms. The van der Waals surface area contributed by atoms with Crippen molar-refractivity contribution < 1.29 is 24.6 Å². The zero-order valence-corrected chi connectivity index (χ0v) is 9.43. The van der Waals surface area contributed by atoms with E-state index in [2.05, 4.69) is 5.32 Å². The van der Waals surface area contributed by atoms with E-state index in [-0.39, 0.29) is 13.2 Å². The van der Waals surface area contributed by atoms with E-state index in [1.807, 2.05) is 6.79 Å². The summed E-state index contributed by atoms with van der Waals surface area (Å²) in [6.07, 6.45) is 3.37. The van der Waals surface area contributed by atoms with E-state index in [9.17, 15) is 9.59 Å². The lowest BCUT2D eigenvalue weighted by atomic mass is 10.3. The third-order valence-electron chi connectivity index (χ3n) is 1.22. The van der Waals surface area contributed by atoms with Gasteiger partial charge in [0.25, 0.3) is 0 Å². The highest BCUT2D eigenvalue weighted by atomic mass is 16.3. The maximum atomic E-state index is 9.56. The van der Waals surface area contributed by atoms with E-state index in [4.69, 9.17) is 15.0 Å². The van der Waals surface area contributed by atoms with Crippen molar-refractivity contribution in [3.8, 4) is 0 Å². The number of hydrogen-bond acceptors (Lipinski definition) is 6. The van der Waals surface area contributed by atoms with Gasteiger partial charge in [-0.2, -0.15) is 0 Å². The summed E-state index contributed by atoms with van der Waals surface area (Å²) in [5, 5.41) is 19.1. The molecule has 0 bridgehead atoms. The van der Waals surface area contributed by atoms with E-state index in [1.54, 1.807) is 0 Å². The van der Waals surface area contributed by atoms with Gasteiger partial charge in [0.1, 0.15) is 19.4 Å². The molecule has 0 unspecified atom stereocenters. The zero-order valence-electron chi connectivity index (χ0n) is 9.43. The topological polar surface area (TPSA) is 104 Å². The molecule has 96 valence electrons. The van der Waals surface area contributed by atoms with Crippen LogP contribution in [-0.4, -0.2) is 55.9 Å². The third-order valence-corrected chi connectivity index (χ3v) is 1.22. The van der Waals surface area contributed by atoms with Gasteiger partial charge in [0.2, 0.25) is 0 Å². The Bertz CT molecular complexity index is 120. The predicted molar refractivity (Wildman–Crippen MR) is 60.1 cm³/mol. The Morgan fingerprint density at radius 3 is 1.56 bits per heavy atom. The summed E-state index contributed by atoms with van der Waals surface area (Å²) >= 11 is 0. The molecule has 0 aliphatic carbocycles. The van der Waals surface area contributed by atoms with Crippen LogP contribution >= 0.6 is 0 Å². The molecular formula is C10H21NO5. The standard InChI is InChI=1S/C5H8O2.C4H11NO2.CH2O/c6-4-2-1-3-5-7;6-3-1-5-2-4-7;1-2/h4-5H,1-3H2;5-7H,1-4H2;1H2. The van der Waals surface area contributed by atoms with E-state index in [1.165, 1.54) is 0 Å². The van der Waals surface area contributed by atoms with Gasteiger partial charge < -0.3 is 29.9 Å². The van der Waals surface area contributed by atoms with E-state index < -0.39 is 0 Å². The van der Waals surface area contributed by atoms with Crippen LogP contribution in [-0.2, 0) is 14.4 Å². The number of unbranched alkanes of at least 4 members (excludes halogenated alkanes) is 2. The highest BCUT2D eigenvalue weighted by Gasteiger charge is 1.80. The molecule has 0 rings (SSSR count). The molecular weight excluding hydrogens is 214 g/mol. The van der Waals surface area contributed by atoms with Crippen LogP contribution in [0.4, 0.5) is 0 Å². The Morgan fingerprint density at radius 1 is 0.938 bits per heavy atom. The first-order chi connectivity index (χ1) is 7.83. The fourth-order valence-corrected chi connectivity index (χ4v) is 0.568. The summed E-state index contributed by atoms with van der Waals surface area (Å²) in [5.74, 6) is 0. The van der Waals surface area contributed by atoms with Crippen molar-refractivity contribution in [2.45, 2.75) is 19.3 Å². The monoisotopic (exact) mass is 235 g/mol. The van der Waals surface area contributed by atoms with Crippen LogP contribution in [0.1, 0.15) is 19.3 Å². The van der Waals surface area contributed by atoms with Crippen molar-refractivity contribution in [3.05, 3.63) is 0 Å². The molecule has 0 saturated carbocycles. The van der Waals surface area contributed by atoms with Crippen LogP contribution < -0.4 is 5.32 Å². The summed E-state index contributed by atoms with van der Waals surface area (Å²) < 4.78 is 0. The molecule has 0 amide bonds. The number of aliphatic hydroxyl groups is 2. The Kier molecular flexibility index (Phi) is 37.1. The van der Waals surface area contributed by atoms with Crippen molar-refractivity contribution in [3.63, 3.8) is 0 Å². The molecule has 0 atom stereocenters. The largest absolute Gasteiger partial charge is 0.395 e. The lowest BCUT2D eigenvalue weighted by Gasteiger charge is -1.94. The second-order valence-electron chi connectivity index (χ2n) is 2.46. The molecule has 0 aromatic rings. The minimum Gasteiger partial charge on any atom is -0.395 e. The first kappa shape index (κ1) is 20.3. The highest BCUT2D eigenvalue weighted by molar-refractivity contribution is 5.52. The van der Waals surface area contributed by atoms with Gasteiger partial charge in [0.15, 0.2) is 0 Å². The number of carbonyl (C=O) groups excluding carboxylic acids is 3. The summed E-state index contributed by atoms with van der Waals surface area (Å²) in [4.78, 5) is 27.1. The van der Waals surface area contributed by atoms with Gasteiger partial charge >= 0.3 is 0 Å². The van der Waals surface area contributed by atoms with Gasteiger partial charge in [-0.25, -0.2) is 0 Å². The molecule has 0 fully saturated rings. The second kappa shape index (κ2) is 29.2. The normalized spacial score (nSPS) is 7.88. The summed E-state index contributed by atoms with van der Waals surface area (Å²) in [6.45, 7) is 3.42. The number of aliphatic hydroxyl groups excluding tert-OH is 2. The maximum absolute atomic E-state index is 9.56. The Hall–Kier alpha value is -1.11. The number of nitrogens with one attached hydrogen (secondary N) is 1. The van der Waals surface area contributed by atoms with Crippen molar-refractivity contribution in [2.75, 3.05) is 26.3 Å². The van der Waals surface area contributed by atoms with E-state index >= 15 is 0 Å². The highest BCUT2D eigenvalue weighted by Crippen LogP contribution is 1.85.